The van der Waals surface area contributed by atoms with Crippen molar-refractivity contribution in [2.75, 3.05) is 19.8 Å². The lowest BCUT2D eigenvalue weighted by Crippen LogP contribution is -2.41. The van der Waals surface area contributed by atoms with Crippen LogP contribution in [0.2, 0.25) is 5.02 Å². The van der Waals surface area contributed by atoms with Gasteiger partial charge in [0.1, 0.15) is 31.2 Å². The second-order valence-electron chi connectivity index (χ2n) is 8.62. The molecule has 1 saturated heterocycles. The molecule has 1 heterocycles. The first-order valence-electron chi connectivity index (χ1n) is 11.5. The lowest BCUT2D eigenvalue weighted by Gasteiger charge is -2.33. The number of benzene rings is 1. The molecule has 0 bridgehead atoms. The van der Waals surface area contributed by atoms with Gasteiger partial charge in [-0.25, -0.2) is 17.6 Å². The van der Waals surface area contributed by atoms with E-state index in [9.17, 15) is 27.2 Å². The van der Waals surface area contributed by atoms with Crippen molar-refractivity contribution in [2.24, 2.45) is 0 Å². The highest BCUT2D eigenvalue weighted by molar-refractivity contribution is 7.91. The number of halogens is 2. The van der Waals surface area contributed by atoms with Gasteiger partial charge in [-0.3, -0.25) is 9.59 Å². The molecule has 1 unspecified atom stereocenters. The summed E-state index contributed by atoms with van der Waals surface area (Å²) in [5.41, 5.74) is -0.00599. The smallest absolute Gasteiger partial charge is 0.335 e. The average Bonchev–Trinajstić information content (AvgIpc) is 3.14. The number of carbonyl (C=O) groups excluding carboxylic acids is 3. The molecule has 1 aromatic rings. The summed E-state index contributed by atoms with van der Waals surface area (Å²) in [6, 6.07) is 3.38. The first-order chi connectivity index (χ1) is 17.4. The Morgan fingerprint density at radius 3 is 2.19 bits per heavy atom. The zero-order valence-electron chi connectivity index (χ0n) is 20.5. The van der Waals surface area contributed by atoms with Crippen LogP contribution < -0.4 is 0 Å². The number of hydrogen-bond acceptors (Lipinski definition) is 10. The van der Waals surface area contributed by atoms with Gasteiger partial charge in [0.05, 0.1) is 23.2 Å². The Bertz CT molecular complexity index is 1160. The van der Waals surface area contributed by atoms with E-state index >= 15 is 0 Å². The van der Waals surface area contributed by atoms with E-state index in [1.807, 2.05) is 0 Å². The van der Waals surface area contributed by atoms with E-state index in [1.54, 1.807) is 6.92 Å². The largest absolute Gasteiger partial charge is 0.463 e. The third kappa shape index (κ3) is 7.28. The summed E-state index contributed by atoms with van der Waals surface area (Å²) in [4.78, 5) is 35.5. The molecule has 1 spiro atoms. The maximum absolute atomic E-state index is 13.4. The topological polar surface area (TPSA) is 132 Å². The van der Waals surface area contributed by atoms with Crippen LogP contribution in [0, 0.1) is 5.82 Å². The van der Waals surface area contributed by atoms with Gasteiger partial charge in [-0.05, 0) is 37.1 Å². The Hall–Kier alpha value is -2.54. The fourth-order valence-electron chi connectivity index (χ4n) is 4.18. The molecule has 3 rings (SSSR count). The molecule has 1 aliphatic heterocycles. The minimum Gasteiger partial charge on any atom is -0.463 e. The molecule has 2 aliphatic rings. The zero-order chi connectivity index (χ0) is 27.4. The quantitative estimate of drug-likeness (QED) is 0.327. The van der Waals surface area contributed by atoms with E-state index in [0.29, 0.717) is 0 Å². The fraction of sp³-hybridized carbons (Fsp3) is 0.542. The van der Waals surface area contributed by atoms with Gasteiger partial charge in [-0.1, -0.05) is 17.7 Å². The van der Waals surface area contributed by atoms with E-state index in [1.165, 1.54) is 26.0 Å². The molecule has 1 fully saturated rings. The van der Waals surface area contributed by atoms with E-state index in [-0.39, 0.29) is 48.8 Å². The van der Waals surface area contributed by atoms with Crippen LogP contribution in [-0.2, 0) is 53.7 Å². The van der Waals surface area contributed by atoms with Crippen LogP contribution in [0.5, 0.6) is 0 Å². The van der Waals surface area contributed by atoms with Crippen molar-refractivity contribution in [3.8, 4) is 0 Å². The van der Waals surface area contributed by atoms with Crippen LogP contribution in [-0.4, -0.2) is 69.4 Å². The number of esters is 3. The predicted molar refractivity (Wildman–Crippen MR) is 128 cm³/mol. The highest BCUT2D eigenvalue weighted by Gasteiger charge is 2.52. The molecular weight excluding hydrogens is 535 g/mol. The zero-order valence-corrected chi connectivity index (χ0v) is 22.1. The Labute approximate surface area is 218 Å². The van der Waals surface area contributed by atoms with Crippen LogP contribution in [0.3, 0.4) is 0 Å². The first kappa shape index (κ1) is 29.0. The summed E-state index contributed by atoms with van der Waals surface area (Å²) >= 11 is 6.04. The van der Waals surface area contributed by atoms with Crippen LogP contribution in [0.25, 0.3) is 0 Å². The Balaban J connectivity index is 1.93. The van der Waals surface area contributed by atoms with Crippen molar-refractivity contribution in [3.63, 3.8) is 0 Å². The van der Waals surface area contributed by atoms with Crippen molar-refractivity contribution in [1.29, 1.82) is 0 Å². The van der Waals surface area contributed by atoms with Crippen molar-refractivity contribution in [1.82, 2.24) is 0 Å². The van der Waals surface area contributed by atoms with Crippen LogP contribution in [0.15, 0.2) is 29.8 Å². The number of carbonyl (C=O) groups is 3. The normalized spacial score (nSPS) is 22.8. The predicted octanol–water partition coefficient (Wildman–Crippen LogP) is 2.65. The van der Waals surface area contributed by atoms with Gasteiger partial charge >= 0.3 is 17.9 Å². The molecule has 37 heavy (non-hydrogen) atoms. The van der Waals surface area contributed by atoms with Gasteiger partial charge in [-0.15, -0.1) is 0 Å². The standard InChI is InChI=1S/C24H28ClFO10S/c1-4-32-23(29)18-10-24(35-20(11-33-14(2)27)21(36-24)12-34-15(3)28)8-7-22(18)37(30,31)13-16-5-6-17(26)9-19(16)25/h5-6,9-10,20-22H,4,7-8,11-13H2,1-3H3/t20-,21-,22?/m1/s1. The van der Waals surface area contributed by atoms with Gasteiger partial charge in [0.2, 0.25) is 0 Å². The minimum atomic E-state index is -4.03. The highest BCUT2D eigenvalue weighted by atomic mass is 35.5. The fourth-order valence-corrected chi connectivity index (χ4v) is 6.41. The van der Waals surface area contributed by atoms with Crippen LogP contribution in [0.4, 0.5) is 4.39 Å². The summed E-state index contributed by atoms with van der Waals surface area (Å²) < 4.78 is 67.5. The molecule has 0 saturated carbocycles. The maximum Gasteiger partial charge on any atom is 0.335 e. The van der Waals surface area contributed by atoms with Crippen molar-refractivity contribution < 1.29 is 50.9 Å². The average molecular weight is 563 g/mol. The molecule has 0 radical (unpaired) electrons. The summed E-state index contributed by atoms with van der Waals surface area (Å²) in [5, 5.41) is -1.33. The summed E-state index contributed by atoms with van der Waals surface area (Å²) in [7, 11) is -4.03. The van der Waals surface area contributed by atoms with E-state index in [4.69, 9.17) is 35.3 Å². The number of sulfone groups is 1. The second-order valence-corrected chi connectivity index (χ2v) is 11.2. The number of rotatable bonds is 9. The molecular formula is C24H28ClFO10S. The molecule has 0 amide bonds. The van der Waals surface area contributed by atoms with E-state index in [0.717, 1.165) is 12.1 Å². The van der Waals surface area contributed by atoms with Crippen LogP contribution >= 0.6 is 11.6 Å². The number of hydrogen-bond donors (Lipinski definition) is 0. The van der Waals surface area contributed by atoms with Crippen molar-refractivity contribution in [2.45, 2.75) is 62.6 Å². The minimum absolute atomic E-state index is 0.00833. The van der Waals surface area contributed by atoms with Gasteiger partial charge in [0.15, 0.2) is 15.6 Å². The lowest BCUT2D eigenvalue weighted by molar-refractivity contribution is -0.162. The molecule has 1 aromatic carbocycles. The first-order valence-corrected chi connectivity index (χ1v) is 13.6. The molecule has 10 nitrogen and oxygen atoms in total. The highest BCUT2D eigenvalue weighted by Crippen LogP contribution is 2.42. The van der Waals surface area contributed by atoms with Gasteiger partial charge in [0, 0.05) is 25.3 Å². The molecule has 1 aliphatic carbocycles. The third-order valence-corrected chi connectivity index (χ3v) is 8.23. The molecule has 13 heteroatoms. The van der Waals surface area contributed by atoms with Crippen molar-refractivity contribution in [3.05, 3.63) is 46.3 Å². The molecule has 3 atom stereocenters. The van der Waals surface area contributed by atoms with Crippen molar-refractivity contribution >= 4 is 39.3 Å². The Morgan fingerprint density at radius 1 is 1.08 bits per heavy atom. The second kappa shape index (κ2) is 11.9. The number of ether oxygens (including phenoxy) is 5. The van der Waals surface area contributed by atoms with Gasteiger partial charge in [0.25, 0.3) is 0 Å². The van der Waals surface area contributed by atoms with Gasteiger partial charge in [-0.2, -0.15) is 0 Å². The summed E-state index contributed by atoms with van der Waals surface area (Å²) in [6.45, 7) is 3.58. The van der Waals surface area contributed by atoms with E-state index in [2.05, 4.69) is 0 Å². The van der Waals surface area contributed by atoms with Gasteiger partial charge < -0.3 is 23.7 Å². The molecule has 0 N–H and O–H groups in total. The Kier molecular flexibility index (Phi) is 9.32. The summed E-state index contributed by atoms with van der Waals surface area (Å²) in [5.74, 6) is -4.68. The third-order valence-electron chi connectivity index (χ3n) is 5.81. The maximum atomic E-state index is 13.4. The monoisotopic (exact) mass is 562 g/mol. The molecule has 0 aromatic heterocycles. The summed E-state index contributed by atoms with van der Waals surface area (Å²) in [6.07, 6.45) is -0.503. The SMILES string of the molecule is CCOC(=O)C1=CC2(CCC1S(=O)(=O)Cc1ccc(F)cc1Cl)O[C@H](COC(C)=O)[C@@H](COC(C)=O)O2. The Morgan fingerprint density at radius 2 is 1.68 bits per heavy atom. The molecule has 204 valence electrons. The van der Waals surface area contributed by atoms with E-state index < -0.39 is 62.6 Å². The van der Waals surface area contributed by atoms with Crippen LogP contribution in [0.1, 0.15) is 39.2 Å². The lowest BCUT2D eigenvalue weighted by atomic mass is 9.94.